The molecule has 0 saturated carbocycles. The maximum Gasteiger partial charge on any atom is 0.360 e. The Labute approximate surface area is 78.0 Å². The molecule has 12 heavy (non-hydrogen) atoms. The van der Waals surface area contributed by atoms with Gasteiger partial charge in [0.15, 0.2) is 5.69 Å². The highest BCUT2D eigenvalue weighted by Gasteiger charge is 2.17. The molecule has 1 heterocycles. The molecule has 0 atom stereocenters. The molecule has 1 aromatic heterocycles. The zero-order chi connectivity index (χ0) is 9.14. The van der Waals surface area contributed by atoms with Crippen LogP contribution in [-0.4, -0.2) is 17.7 Å². The molecule has 0 spiro atoms. The molecule has 5 heteroatoms. The summed E-state index contributed by atoms with van der Waals surface area (Å²) >= 11 is 3.10. The molecule has 0 bridgehead atoms. The van der Waals surface area contributed by atoms with Crippen LogP contribution in [0.3, 0.4) is 0 Å². The van der Waals surface area contributed by atoms with Gasteiger partial charge in [-0.2, -0.15) is 0 Å². The second-order valence-electron chi connectivity index (χ2n) is 2.15. The lowest BCUT2D eigenvalue weighted by Gasteiger charge is -1.96. The van der Waals surface area contributed by atoms with Crippen LogP contribution < -0.4 is 0 Å². The highest BCUT2D eigenvalue weighted by molar-refractivity contribution is 9.10. The molecule has 0 amide bonds. The lowest BCUT2D eigenvalue weighted by molar-refractivity contribution is 0.0514. The zero-order valence-corrected chi connectivity index (χ0v) is 8.34. The van der Waals surface area contributed by atoms with Gasteiger partial charge in [0.05, 0.1) is 6.61 Å². The van der Waals surface area contributed by atoms with E-state index in [9.17, 15) is 4.79 Å². The van der Waals surface area contributed by atoms with E-state index >= 15 is 0 Å². The number of carbonyl (C=O) groups is 1. The quantitative estimate of drug-likeness (QED) is 0.733. The minimum absolute atomic E-state index is 0.226. The van der Waals surface area contributed by atoms with Crippen molar-refractivity contribution in [3.05, 3.63) is 15.9 Å². The largest absolute Gasteiger partial charge is 0.461 e. The summed E-state index contributed by atoms with van der Waals surface area (Å²) in [7, 11) is 0. The lowest BCUT2D eigenvalue weighted by atomic mass is 10.3. The number of halogens is 1. The van der Waals surface area contributed by atoms with E-state index in [1.807, 2.05) is 0 Å². The second kappa shape index (κ2) is 3.71. The minimum atomic E-state index is -0.454. The standard InChI is InChI=1S/C7H8BrNO3/c1-3-11-7(10)5-4(2)6(8)12-9-5/h3H2,1-2H3. The summed E-state index contributed by atoms with van der Waals surface area (Å²) in [5, 5.41) is 3.54. The van der Waals surface area contributed by atoms with Crippen molar-refractivity contribution in [3.8, 4) is 0 Å². The van der Waals surface area contributed by atoms with Gasteiger partial charge < -0.3 is 9.26 Å². The van der Waals surface area contributed by atoms with Crippen LogP contribution in [0.15, 0.2) is 9.19 Å². The first-order chi connectivity index (χ1) is 5.66. The topological polar surface area (TPSA) is 52.3 Å². The Kier molecular flexibility index (Phi) is 2.86. The summed E-state index contributed by atoms with van der Waals surface area (Å²) in [6, 6.07) is 0. The van der Waals surface area contributed by atoms with Crippen LogP contribution in [0.1, 0.15) is 23.0 Å². The highest BCUT2D eigenvalue weighted by Crippen LogP contribution is 2.19. The third kappa shape index (κ3) is 1.66. The van der Waals surface area contributed by atoms with E-state index in [1.54, 1.807) is 13.8 Å². The molecule has 1 aromatic rings. The Hall–Kier alpha value is -0.840. The summed E-state index contributed by atoms with van der Waals surface area (Å²) < 4.78 is 9.93. The van der Waals surface area contributed by atoms with Gasteiger partial charge in [-0.15, -0.1) is 0 Å². The molecule has 0 fully saturated rings. The van der Waals surface area contributed by atoms with Crippen LogP contribution in [0.5, 0.6) is 0 Å². The van der Waals surface area contributed by atoms with E-state index in [1.165, 1.54) is 0 Å². The van der Waals surface area contributed by atoms with Crippen molar-refractivity contribution in [1.82, 2.24) is 5.16 Å². The van der Waals surface area contributed by atoms with Crippen LogP contribution in [0.2, 0.25) is 0 Å². The third-order valence-electron chi connectivity index (χ3n) is 1.34. The predicted molar refractivity (Wildman–Crippen MR) is 44.9 cm³/mol. The van der Waals surface area contributed by atoms with Crippen LogP contribution in [0, 0.1) is 6.92 Å². The fraction of sp³-hybridized carbons (Fsp3) is 0.429. The Balaban J connectivity index is 2.88. The second-order valence-corrected chi connectivity index (χ2v) is 2.87. The van der Waals surface area contributed by atoms with E-state index in [0.29, 0.717) is 16.8 Å². The fourth-order valence-corrected chi connectivity index (χ4v) is 0.966. The number of rotatable bonds is 2. The number of nitrogens with zero attached hydrogens (tertiary/aromatic N) is 1. The van der Waals surface area contributed by atoms with Crippen molar-refractivity contribution < 1.29 is 14.1 Å². The average Bonchev–Trinajstić information content (AvgIpc) is 2.34. The lowest BCUT2D eigenvalue weighted by Crippen LogP contribution is -2.06. The molecule has 0 N–H and O–H groups in total. The van der Waals surface area contributed by atoms with Gasteiger partial charge in [-0.3, -0.25) is 0 Å². The van der Waals surface area contributed by atoms with E-state index in [4.69, 9.17) is 9.26 Å². The van der Waals surface area contributed by atoms with Crippen LogP contribution in [-0.2, 0) is 4.74 Å². The van der Waals surface area contributed by atoms with Gasteiger partial charge in [0.1, 0.15) is 0 Å². The van der Waals surface area contributed by atoms with Gasteiger partial charge >= 0.3 is 5.97 Å². The van der Waals surface area contributed by atoms with E-state index in [0.717, 1.165) is 0 Å². The van der Waals surface area contributed by atoms with E-state index in [2.05, 4.69) is 21.1 Å². The molecule has 0 unspecified atom stereocenters. The smallest absolute Gasteiger partial charge is 0.360 e. The maximum atomic E-state index is 11.1. The summed E-state index contributed by atoms with van der Waals surface area (Å²) in [5.74, 6) is -0.454. The monoisotopic (exact) mass is 233 g/mol. The van der Waals surface area contributed by atoms with Crippen LogP contribution in [0.4, 0.5) is 0 Å². The Bertz CT molecular complexity index is 295. The Morgan fingerprint density at radius 2 is 2.42 bits per heavy atom. The first-order valence-electron chi connectivity index (χ1n) is 3.45. The summed E-state index contributed by atoms with van der Waals surface area (Å²) in [6.45, 7) is 3.80. The van der Waals surface area contributed by atoms with Gasteiger partial charge in [-0.1, -0.05) is 5.16 Å². The van der Waals surface area contributed by atoms with Crippen molar-refractivity contribution in [1.29, 1.82) is 0 Å². The number of esters is 1. The third-order valence-corrected chi connectivity index (χ3v) is 2.08. The van der Waals surface area contributed by atoms with Crippen molar-refractivity contribution >= 4 is 21.9 Å². The number of carbonyl (C=O) groups excluding carboxylic acids is 1. The van der Waals surface area contributed by atoms with Gasteiger partial charge in [-0.05, 0) is 29.8 Å². The molecule has 1 rings (SSSR count). The van der Waals surface area contributed by atoms with Gasteiger partial charge in [-0.25, -0.2) is 4.79 Å². The van der Waals surface area contributed by atoms with Crippen molar-refractivity contribution in [2.24, 2.45) is 0 Å². The molecule has 0 aliphatic rings. The van der Waals surface area contributed by atoms with Crippen molar-refractivity contribution in [2.45, 2.75) is 13.8 Å². The number of hydrogen-bond donors (Lipinski definition) is 0. The highest BCUT2D eigenvalue weighted by atomic mass is 79.9. The molecule has 0 radical (unpaired) electrons. The molecule has 0 aromatic carbocycles. The van der Waals surface area contributed by atoms with E-state index in [-0.39, 0.29) is 5.69 Å². The number of aromatic nitrogens is 1. The molecular weight excluding hydrogens is 226 g/mol. The molecule has 0 aliphatic heterocycles. The fourth-order valence-electron chi connectivity index (χ4n) is 0.706. The molecule has 0 saturated heterocycles. The van der Waals surface area contributed by atoms with Gasteiger partial charge in [0.2, 0.25) is 4.67 Å². The molecule has 66 valence electrons. The minimum Gasteiger partial charge on any atom is -0.461 e. The first kappa shape index (κ1) is 9.25. The molecule has 0 aliphatic carbocycles. The number of hydrogen-bond acceptors (Lipinski definition) is 4. The van der Waals surface area contributed by atoms with Crippen molar-refractivity contribution in [2.75, 3.05) is 6.61 Å². The van der Waals surface area contributed by atoms with Crippen LogP contribution in [0.25, 0.3) is 0 Å². The summed E-state index contributed by atoms with van der Waals surface area (Å²) in [4.78, 5) is 11.1. The summed E-state index contributed by atoms with van der Waals surface area (Å²) in [6.07, 6.45) is 0. The number of ether oxygens (including phenoxy) is 1. The zero-order valence-electron chi connectivity index (χ0n) is 6.76. The Morgan fingerprint density at radius 1 is 1.75 bits per heavy atom. The van der Waals surface area contributed by atoms with Crippen LogP contribution >= 0.6 is 15.9 Å². The summed E-state index contributed by atoms with van der Waals surface area (Å²) in [5.41, 5.74) is 0.886. The predicted octanol–water partition coefficient (Wildman–Crippen LogP) is 1.92. The van der Waals surface area contributed by atoms with E-state index < -0.39 is 5.97 Å². The van der Waals surface area contributed by atoms with Gasteiger partial charge in [0.25, 0.3) is 0 Å². The average molecular weight is 234 g/mol. The normalized spacial score (nSPS) is 9.92. The van der Waals surface area contributed by atoms with Gasteiger partial charge in [0, 0.05) is 5.56 Å². The van der Waals surface area contributed by atoms with Crippen molar-refractivity contribution in [3.63, 3.8) is 0 Å². The molecular formula is C7H8BrNO3. The molecule has 4 nitrogen and oxygen atoms in total. The Morgan fingerprint density at radius 3 is 2.83 bits per heavy atom. The SMILES string of the molecule is CCOC(=O)c1noc(Br)c1C. The maximum absolute atomic E-state index is 11.1. The first-order valence-corrected chi connectivity index (χ1v) is 4.25.